The lowest BCUT2D eigenvalue weighted by Crippen LogP contribution is -2.52. The molecule has 1 atom stereocenters. The summed E-state index contributed by atoms with van der Waals surface area (Å²) in [6, 6.07) is -0.342. The molecule has 0 aromatic carbocycles. The monoisotopic (exact) mass is 239 g/mol. The second kappa shape index (κ2) is 5.04. The van der Waals surface area contributed by atoms with Gasteiger partial charge < -0.3 is 16.4 Å². The summed E-state index contributed by atoms with van der Waals surface area (Å²) < 4.78 is 0. The second-order valence-electron chi connectivity index (χ2n) is 5.29. The van der Waals surface area contributed by atoms with Crippen LogP contribution < -0.4 is 16.4 Å². The van der Waals surface area contributed by atoms with E-state index in [4.69, 9.17) is 5.73 Å². The van der Waals surface area contributed by atoms with Gasteiger partial charge in [0.2, 0.25) is 11.8 Å². The Labute approximate surface area is 102 Å². The summed E-state index contributed by atoms with van der Waals surface area (Å²) in [5.41, 5.74) is 5.73. The van der Waals surface area contributed by atoms with Crippen molar-refractivity contribution < 1.29 is 9.59 Å². The zero-order valence-electron chi connectivity index (χ0n) is 10.1. The Morgan fingerprint density at radius 3 is 2.76 bits per heavy atom. The molecule has 5 nitrogen and oxygen atoms in total. The Bertz CT molecular complexity index is 307. The molecule has 5 heteroatoms. The van der Waals surface area contributed by atoms with Crippen LogP contribution in [0.4, 0.5) is 0 Å². The van der Waals surface area contributed by atoms with Gasteiger partial charge in [-0.05, 0) is 37.6 Å². The van der Waals surface area contributed by atoms with Crippen molar-refractivity contribution in [3.63, 3.8) is 0 Å². The number of carbonyl (C=O) groups excluding carboxylic acids is 2. The zero-order valence-corrected chi connectivity index (χ0v) is 10.1. The summed E-state index contributed by atoms with van der Waals surface area (Å²) in [6.45, 7) is 1.29. The molecule has 1 aliphatic heterocycles. The molecule has 1 aliphatic carbocycles. The van der Waals surface area contributed by atoms with Crippen molar-refractivity contribution in [1.82, 2.24) is 10.6 Å². The first-order valence-corrected chi connectivity index (χ1v) is 6.42. The van der Waals surface area contributed by atoms with Gasteiger partial charge in [0, 0.05) is 13.0 Å². The molecule has 0 radical (unpaired) electrons. The van der Waals surface area contributed by atoms with Crippen molar-refractivity contribution in [3.8, 4) is 0 Å². The number of carbonyl (C=O) groups is 2. The molecule has 1 unspecified atom stereocenters. The first-order valence-electron chi connectivity index (χ1n) is 6.42. The molecule has 0 aromatic heterocycles. The Kier molecular flexibility index (Phi) is 3.66. The van der Waals surface area contributed by atoms with E-state index in [1.807, 2.05) is 0 Å². The van der Waals surface area contributed by atoms with E-state index in [0.717, 1.165) is 38.6 Å². The average molecular weight is 239 g/mol. The van der Waals surface area contributed by atoms with Crippen molar-refractivity contribution in [1.29, 1.82) is 0 Å². The second-order valence-corrected chi connectivity index (χ2v) is 5.29. The van der Waals surface area contributed by atoms with Crippen molar-refractivity contribution >= 4 is 11.8 Å². The number of hydrogen-bond acceptors (Lipinski definition) is 3. The topological polar surface area (TPSA) is 84.2 Å². The van der Waals surface area contributed by atoms with Gasteiger partial charge in [0.1, 0.15) is 6.04 Å². The number of nitrogens with one attached hydrogen (secondary N) is 2. The van der Waals surface area contributed by atoms with Gasteiger partial charge >= 0.3 is 0 Å². The smallest absolute Gasteiger partial charge is 0.242 e. The fourth-order valence-corrected chi connectivity index (χ4v) is 2.63. The Balaban J connectivity index is 1.82. The molecule has 0 bridgehead atoms. The molecular formula is C12H21N3O2. The van der Waals surface area contributed by atoms with Crippen LogP contribution in [0.3, 0.4) is 0 Å². The number of rotatable bonds is 4. The fourth-order valence-electron chi connectivity index (χ4n) is 2.63. The van der Waals surface area contributed by atoms with Crippen LogP contribution in [0.25, 0.3) is 0 Å². The molecule has 2 rings (SSSR count). The minimum absolute atomic E-state index is 0.00915. The van der Waals surface area contributed by atoms with Crippen LogP contribution in [0.2, 0.25) is 0 Å². The predicted molar refractivity (Wildman–Crippen MR) is 64.1 cm³/mol. The molecule has 0 aromatic rings. The summed E-state index contributed by atoms with van der Waals surface area (Å²) in [4.78, 5) is 23.4. The lowest BCUT2D eigenvalue weighted by Gasteiger charge is -2.40. The van der Waals surface area contributed by atoms with Crippen LogP contribution >= 0.6 is 0 Å². The van der Waals surface area contributed by atoms with Gasteiger partial charge in [0.05, 0.1) is 0 Å². The lowest BCUT2D eigenvalue weighted by atomic mass is 9.66. The summed E-state index contributed by atoms with van der Waals surface area (Å²) in [5.74, 6) is -0.0859. The van der Waals surface area contributed by atoms with Gasteiger partial charge in [0.25, 0.3) is 0 Å². The van der Waals surface area contributed by atoms with Crippen LogP contribution in [-0.2, 0) is 9.59 Å². The molecule has 2 amide bonds. The third-order valence-electron chi connectivity index (χ3n) is 4.00. The van der Waals surface area contributed by atoms with E-state index in [1.165, 1.54) is 0 Å². The highest BCUT2D eigenvalue weighted by atomic mass is 16.2. The fraction of sp³-hybridized carbons (Fsp3) is 0.833. The molecule has 0 spiro atoms. The largest absolute Gasteiger partial charge is 0.354 e. The van der Waals surface area contributed by atoms with E-state index in [9.17, 15) is 9.59 Å². The lowest BCUT2D eigenvalue weighted by molar-refractivity contribution is -0.132. The van der Waals surface area contributed by atoms with E-state index in [0.29, 0.717) is 13.0 Å². The molecule has 1 heterocycles. The molecule has 17 heavy (non-hydrogen) atoms. The van der Waals surface area contributed by atoms with E-state index in [1.54, 1.807) is 0 Å². The van der Waals surface area contributed by atoms with E-state index in [2.05, 4.69) is 10.6 Å². The van der Waals surface area contributed by atoms with Crippen molar-refractivity contribution in [2.24, 2.45) is 11.1 Å². The minimum Gasteiger partial charge on any atom is -0.354 e. The van der Waals surface area contributed by atoms with Crippen LogP contribution in [0.15, 0.2) is 0 Å². The SMILES string of the molecule is NCC1(CC(=O)NC2CCCNC2=O)CCC1. The maximum atomic E-state index is 11.9. The molecule has 2 aliphatic rings. The molecule has 1 saturated carbocycles. The maximum Gasteiger partial charge on any atom is 0.242 e. The van der Waals surface area contributed by atoms with Crippen LogP contribution in [0.5, 0.6) is 0 Å². The summed E-state index contributed by atoms with van der Waals surface area (Å²) >= 11 is 0. The van der Waals surface area contributed by atoms with Crippen LogP contribution in [0, 0.1) is 5.41 Å². The number of hydrogen-bond donors (Lipinski definition) is 3. The van der Waals surface area contributed by atoms with Crippen molar-refractivity contribution in [2.75, 3.05) is 13.1 Å². The summed E-state index contributed by atoms with van der Waals surface area (Å²) in [6.07, 6.45) is 5.37. The van der Waals surface area contributed by atoms with E-state index >= 15 is 0 Å². The van der Waals surface area contributed by atoms with E-state index in [-0.39, 0.29) is 23.3 Å². The van der Waals surface area contributed by atoms with Crippen molar-refractivity contribution in [3.05, 3.63) is 0 Å². The van der Waals surface area contributed by atoms with Gasteiger partial charge in [-0.15, -0.1) is 0 Å². The zero-order chi connectivity index (χ0) is 12.3. The minimum atomic E-state index is -0.342. The van der Waals surface area contributed by atoms with Crippen molar-refractivity contribution in [2.45, 2.75) is 44.6 Å². The highest BCUT2D eigenvalue weighted by Gasteiger charge is 2.38. The third-order valence-corrected chi connectivity index (χ3v) is 4.00. The standard InChI is InChI=1S/C12H21N3O2/c13-8-12(4-2-5-12)7-10(16)15-9-3-1-6-14-11(9)17/h9H,1-8,13H2,(H,14,17)(H,15,16). The molecule has 2 fully saturated rings. The van der Waals surface area contributed by atoms with Gasteiger partial charge in [0.15, 0.2) is 0 Å². The first kappa shape index (κ1) is 12.4. The number of nitrogens with two attached hydrogens (primary N) is 1. The predicted octanol–water partition coefficient (Wildman–Crippen LogP) is -0.0997. The highest BCUT2D eigenvalue weighted by molar-refractivity contribution is 5.88. The summed E-state index contributed by atoms with van der Waals surface area (Å²) in [7, 11) is 0. The van der Waals surface area contributed by atoms with Gasteiger partial charge in [-0.25, -0.2) is 0 Å². The van der Waals surface area contributed by atoms with E-state index < -0.39 is 0 Å². The Morgan fingerprint density at radius 2 is 2.24 bits per heavy atom. The maximum absolute atomic E-state index is 11.9. The van der Waals surface area contributed by atoms with Crippen LogP contribution in [-0.4, -0.2) is 30.9 Å². The van der Waals surface area contributed by atoms with Gasteiger partial charge in [-0.3, -0.25) is 9.59 Å². The number of piperidine rings is 1. The third kappa shape index (κ3) is 2.77. The van der Waals surface area contributed by atoms with Crippen LogP contribution in [0.1, 0.15) is 38.5 Å². The Morgan fingerprint density at radius 1 is 1.47 bits per heavy atom. The Hall–Kier alpha value is -1.10. The summed E-state index contributed by atoms with van der Waals surface area (Å²) in [5, 5.41) is 5.58. The molecule has 96 valence electrons. The molecule has 1 saturated heterocycles. The van der Waals surface area contributed by atoms with Gasteiger partial charge in [-0.1, -0.05) is 6.42 Å². The van der Waals surface area contributed by atoms with Gasteiger partial charge in [-0.2, -0.15) is 0 Å². The molecular weight excluding hydrogens is 218 g/mol. The normalized spacial score (nSPS) is 26.9. The first-order chi connectivity index (χ1) is 8.15. The molecule has 4 N–H and O–H groups in total. The quantitative estimate of drug-likeness (QED) is 0.640. The number of amides is 2. The highest BCUT2D eigenvalue weighted by Crippen LogP contribution is 2.42. The average Bonchev–Trinajstić information content (AvgIpc) is 2.27.